The number of aliphatic imine (C=N–C) groups is 1. The first kappa shape index (κ1) is 16.6. The highest BCUT2D eigenvalue weighted by atomic mass is 35.5. The zero-order valence-corrected chi connectivity index (χ0v) is 14.5. The lowest BCUT2D eigenvalue weighted by molar-refractivity contribution is 0.408. The molecule has 1 heterocycles. The molecular formula is C18H27ClN4. The number of pyridine rings is 1. The molecule has 5 heteroatoms. The fourth-order valence-corrected chi connectivity index (χ4v) is 3.62. The Morgan fingerprint density at radius 2 is 1.70 bits per heavy atom. The summed E-state index contributed by atoms with van der Waals surface area (Å²) in [5.74, 6) is 1.69. The molecule has 2 saturated carbocycles. The topological polar surface area (TPSA) is 49.3 Å². The second-order valence-electron chi connectivity index (χ2n) is 6.74. The van der Waals surface area contributed by atoms with Crippen molar-refractivity contribution in [3.8, 4) is 0 Å². The third kappa shape index (κ3) is 5.38. The number of nitrogens with zero attached hydrogens (tertiary/aromatic N) is 2. The minimum absolute atomic E-state index is 0.439. The maximum Gasteiger partial charge on any atom is 0.197 e. The maximum atomic E-state index is 5.92. The number of hydrogen-bond donors (Lipinski definition) is 2. The van der Waals surface area contributed by atoms with Crippen LogP contribution >= 0.6 is 11.6 Å². The van der Waals surface area contributed by atoms with E-state index in [9.17, 15) is 0 Å². The van der Waals surface area contributed by atoms with Crippen molar-refractivity contribution in [2.24, 2.45) is 4.99 Å². The summed E-state index contributed by atoms with van der Waals surface area (Å²) in [5, 5.41) is 7.66. The van der Waals surface area contributed by atoms with Gasteiger partial charge in [-0.05, 0) is 37.8 Å². The van der Waals surface area contributed by atoms with E-state index in [1.54, 1.807) is 6.20 Å². The molecule has 0 aliphatic heterocycles. The van der Waals surface area contributed by atoms with E-state index in [0.717, 1.165) is 11.8 Å². The summed E-state index contributed by atoms with van der Waals surface area (Å²) >= 11 is 5.92. The Kier molecular flexibility index (Phi) is 6.14. The SMILES string of the molecule is Clc1ccc(NC(=NC2CCCCC2)NC2CCCCC2)nc1. The fraction of sp³-hybridized carbons (Fsp3) is 0.667. The zero-order valence-electron chi connectivity index (χ0n) is 13.7. The maximum absolute atomic E-state index is 5.92. The Morgan fingerprint density at radius 1 is 1.00 bits per heavy atom. The summed E-state index contributed by atoms with van der Waals surface area (Å²) in [6.07, 6.45) is 14.5. The molecule has 0 saturated heterocycles. The lowest BCUT2D eigenvalue weighted by Crippen LogP contribution is -2.41. The van der Waals surface area contributed by atoms with Gasteiger partial charge >= 0.3 is 0 Å². The Balaban J connectivity index is 1.68. The lowest BCUT2D eigenvalue weighted by Gasteiger charge is -2.26. The van der Waals surface area contributed by atoms with Crippen LogP contribution in [0.5, 0.6) is 0 Å². The van der Waals surface area contributed by atoms with Gasteiger partial charge in [0.1, 0.15) is 5.82 Å². The monoisotopic (exact) mass is 334 g/mol. The summed E-state index contributed by atoms with van der Waals surface area (Å²) in [6, 6.07) is 4.73. The van der Waals surface area contributed by atoms with Crippen molar-refractivity contribution in [3.63, 3.8) is 0 Å². The van der Waals surface area contributed by atoms with Gasteiger partial charge < -0.3 is 10.6 Å². The smallest absolute Gasteiger partial charge is 0.197 e. The third-order valence-electron chi connectivity index (χ3n) is 4.81. The summed E-state index contributed by atoms with van der Waals surface area (Å²) < 4.78 is 0. The molecule has 0 aromatic carbocycles. The van der Waals surface area contributed by atoms with Gasteiger partial charge in [0.15, 0.2) is 5.96 Å². The van der Waals surface area contributed by atoms with Crippen molar-refractivity contribution >= 4 is 23.4 Å². The van der Waals surface area contributed by atoms with Crippen LogP contribution < -0.4 is 10.6 Å². The van der Waals surface area contributed by atoms with E-state index < -0.39 is 0 Å². The second-order valence-corrected chi connectivity index (χ2v) is 7.17. The third-order valence-corrected chi connectivity index (χ3v) is 5.03. The van der Waals surface area contributed by atoms with Crippen LogP contribution in [0, 0.1) is 0 Å². The standard InChI is InChI=1S/C18H27ClN4/c19-14-11-12-17(20-13-14)23-18(21-15-7-3-1-4-8-15)22-16-9-5-2-6-10-16/h11-13,15-16H,1-10H2,(H2,20,21,22,23). The van der Waals surface area contributed by atoms with E-state index in [4.69, 9.17) is 16.6 Å². The van der Waals surface area contributed by atoms with Gasteiger partial charge in [0.2, 0.25) is 0 Å². The summed E-state index contributed by atoms with van der Waals surface area (Å²) in [5.41, 5.74) is 0. The fourth-order valence-electron chi connectivity index (χ4n) is 3.51. The quantitative estimate of drug-likeness (QED) is 0.619. The molecule has 0 radical (unpaired) electrons. The summed E-state index contributed by atoms with van der Waals surface area (Å²) in [6.45, 7) is 0. The van der Waals surface area contributed by atoms with Gasteiger partial charge in [-0.2, -0.15) is 0 Å². The van der Waals surface area contributed by atoms with Crippen molar-refractivity contribution in [2.75, 3.05) is 5.32 Å². The van der Waals surface area contributed by atoms with Gasteiger partial charge in [-0.3, -0.25) is 0 Å². The number of anilines is 1. The number of nitrogens with one attached hydrogen (secondary N) is 2. The van der Waals surface area contributed by atoms with Gasteiger partial charge in [-0.15, -0.1) is 0 Å². The zero-order chi connectivity index (χ0) is 15.9. The Hall–Kier alpha value is -1.29. The molecule has 2 aliphatic rings. The molecule has 0 unspecified atom stereocenters. The summed E-state index contributed by atoms with van der Waals surface area (Å²) in [4.78, 5) is 9.31. The second kappa shape index (κ2) is 8.53. The Bertz CT molecular complexity index is 502. The predicted octanol–water partition coefficient (Wildman–Crippen LogP) is 4.76. The van der Waals surface area contributed by atoms with Crippen LogP contribution in [0.2, 0.25) is 5.02 Å². The molecule has 126 valence electrons. The van der Waals surface area contributed by atoms with E-state index in [-0.39, 0.29) is 0 Å². The van der Waals surface area contributed by atoms with Crippen molar-refractivity contribution in [1.29, 1.82) is 0 Å². The molecule has 23 heavy (non-hydrogen) atoms. The van der Waals surface area contributed by atoms with Crippen molar-refractivity contribution < 1.29 is 0 Å². The molecule has 3 rings (SSSR count). The minimum Gasteiger partial charge on any atom is -0.353 e. The number of rotatable bonds is 3. The van der Waals surface area contributed by atoms with Crippen molar-refractivity contribution in [1.82, 2.24) is 10.3 Å². The predicted molar refractivity (Wildman–Crippen MR) is 97.2 cm³/mol. The van der Waals surface area contributed by atoms with E-state index in [1.165, 1.54) is 64.2 Å². The average Bonchev–Trinajstić information content (AvgIpc) is 2.59. The first-order valence-electron chi connectivity index (χ1n) is 9.02. The normalized spacial score (nSPS) is 21.2. The van der Waals surface area contributed by atoms with Crippen LogP contribution in [0.25, 0.3) is 0 Å². The molecule has 0 atom stereocenters. The van der Waals surface area contributed by atoms with Crippen LogP contribution in [-0.2, 0) is 0 Å². The minimum atomic E-state index is 0.439. The molecule has 0 spiro atoms. The first-order chi connectivity index (χ1) is 11.3. The molecule has 0 bridgehead atoms. The van der Waals surface area contributed by atoms with Gasteiger partial charge in [0.25, 0.3) is 0 Å². The van der Waals surface area contributed by atoms with Gasteiger partial charge in [0.05, 0.1) is 11.1 Å². The van der Waals surface area contributed by atoms with E-state index in [0.29, 0.717) is 17.1 Å². The Labute approximate surface area is 144 Å². The van der Waals surface area contributed by atoms with Crippen LogP contribution in [0.3, 0.4) is 0 Å². The van der Waals surface area contributed by atoms with Gasteiger partial charge in [0, 0.05) is 12.2 Å². The van der Waals surface area contributed by atoms with Crippen LogP contribution in [-0.4, -0.2) is 23.0 Å². The van der Waals surface area contributed by atoms with Gasteiger partial charge in [-0.25, -0.2) is 9.98 Å². The summed E-state index contributed by atoms with van der Waals surface area (Å²) in [7, 11) is 0. The molecule has 4 nitrogen and oxygen atoms in total. The van der Waals surface area contributed by atoms with Crippen LogP contribution in [0.4, 0.5) is 5.82 Å². The van der Waals surface area contributed by atoms with Crippen LogP contribution in [0.1, 0.15) is 64.2 Å². The van der Waals surface area contributed by atoms with Crippen molar-refractivity contribution in [2.45, 2.75) is 76.3 Å². The largest absolute Gasteiger partial charge is 0.353 e. The van der Waals surface area contributed by atoms with E-state index >= 15 is 0 Å². The molecule has 1 aromatic rings. The molecule has 1 aromatic heterocycles. The van der Waals surface area contributed by atoms with E-state index in [1.807, 2.05) is 12.1 Å². The van der Waals surface area contributed by atoms with Gasteiger partial charge in [-0.1, -0.05) is 50.1 Å². The average molecular weight is 335 g/mol. The molecule has 2 N–H and O–H groups in total. The molecule has 2 fully saturated rings. The Morgan fingerprint density at radius 3 is 2.35 bits per heavy atom. The molecular weight excluding hydrogens is 308 g/mol. The number of aromatic nitrogens is 1. The highest BCUT2D eigenvalue weighted by Crippen LogP contribution is 2.21. The molecule has 2 aliphatic carbocycles. The lowest BCUT2D eigenvalue weighted by atomic mass is 9.95. The number of guanidine groups is 1. The highest BCUT2D eigenvalue weighted by Gasteiger charge is 2.18. The van der Waals surface area contributed by atoms with Crippen LogP contribution in [0.15, 0.2) is 23.3 Å². The first-order valence-corrected chi connectivity index (χ1v) is 9.40. The number of hydrogen-bond acceptors (Lipinski definition) is 2. The van der Waals surface area contributed by atoms with Crippen molar-refractivity contribution in [3.05, 3.63) is 23.4 Å². The molecule has 0 amide bonds. The highest BCUT2D eigenvalue weighted by molar-refractivity contribution is 6.30. The van der Waals surface area contributed by atoms with E-state index in [2.05, 4.69) is 15.6 Å². The number of halogens is 1.